The van der Waals surface area contributed by atoms with Gasteiger partial charge in [-0.25, -0.2) is 8.42 Å². The molecule has 1 rings (SSSR count). The zero-order valence-corrected chi connectivity index (χ0v) is 8.52. The van der Waals surface area contributed by atoms with Gasteiger partial charge >= 0.3 is 0 Å². The zero-order valence-electron chi connectivity index (χ0n) is 7.71. The van der Waals surface area contributed by atoms with Crippen molar-refractivity contribution in [1.82, 2.24) is 6.15 Å². The molecule has 9 heteroatoms. The fraction of sp³-hybridized carbons (Fsp3) is 0. The topological polar surface area (TPSA) is 163 Å². The van der Waals surface area contributed by atoms with E-state index in [0.717, 1.165) is 18.2 Å². The first kappa shape index (κ1) is 13.3. The normalized spacial score (nSPS) is 10.5. The SMILES string of the molecule is Nc1cc([N+](=O)[O-])ccc1S(=O)(=O)[O-].[NH4+]. The summed E-state index contributed by atoms with van der Waals surface area (Å²) in [5.74, 6) is 0. The third-order valence-electron chi connectivity index (χ3n) is 1.47. The molecule has 0 saturated carbocycles. The molecule has 84 valence electrons. The second-order valence-electron chi connectivity index (χ2n) is 2.43. The van der Waals surface area contributed by atoms with Gasteiger partial charge in [-0.1, -0.05) is 0 Å². The van der Waals surface area contributed by atoms with Gasteiger partial charge in [0, 0.05) is 12.1 Å². The predicted octanol–water partition coefficient (Wildman–Crippen LogP) is 0.457. The lowest BCUT2D eigenvalue weighted by atomic mass is 10.3. The summed E-state index contributed by atoms with van der Waals surface area (Å²) in [7, 11) is -4.67. The van der Waals surface area contributed by atoms with Crippen molar-refractivity contribution in [2.45, 2.75) is 4.90 Å². The van der Waals surface area contributed by atoms with Crippen LogP contribution < -0.4 is 11.9 Å². The Balaban J connectivity index is 0.00000196. The van der Waals surface area contributed by atoms with Crippen LogP contribution in [0.4, 0.5) is 11.4 Å². The Hall–Kier alpha value is -1.71. The Labute approximate surface area is 85.2 Å². The number of rotatable bonds is 2. The minimum Gasteiger partial charge on any atom is -0.744 e. The molecule has 0 radical (unpaired) electrons. The number of nitrogens with two attached hydrogens (primary N) is 1. The summed E-state index contributed by atoms with van der Waals surface area (Å²) in [5, 5.41) is 10.2. The summed E-state index contributed by atoms with van der Waals surface area (Å²) >= 11 is 0. The van der Waals surface area contributed by atoms with Crippen LogP contribution >= 0.6 is 0 Å². The van der Waals surface area contributed by atoms with Crippen LogP contribution in [0.15, 0.2) is 23.1 Å². The van der Waals surface area contributed by atoms with Crippen molar-refractivity contribution < 1.29 is 17.9 Å². The third kappa shape index (κ3) is 2.87. The molecular formula is C6H9N3O5S. The molecule has 0 bridgehead atoms. The highest BCUT2D eigenvalue weighted by molar-refractivity contribution is 7.86. The van der Waals surface area contributed by atoms with E-state index < -0.39 is 25.6 Å². The highest BCUT2D eigenvalue weighted by Crippen LogP contribution is 2.23. The minimum absolute atomic E-state index is 0. The quantitative estimate of drug-likeness (QED) is 0.327. The number of non-ortho nitro benzene ring substituents is 1. The van der Waals surface area contributed by atoms with E-state index >= 15 is 0 Å². The van der Waals surface area contributed by atoms with Crippen LogP contribution in [0.5, 0.6) is 0 Å². The maximum absolute atomic E-state index is 10.5. The maximum atomic E-state index is 10.5. The van der Waals surface area contributed by atoms with Gasteiger partial charge < -0.3 is 16.4 Å². The zero-order chi connectivity index (χ0) is 10.9. The number of nitro benzene ring substituents is 1. The number of nitrogen functional groups attached to an aromatic ring is 1. The summed E-state index contributed by atoms with van der Waals surface area (Å²) in [6.07, 6.45) is 0. The summed E-state index contributed by atoms with van der Waals surface area (Å²) in [6, 6.07) is 2.54. The lowest BCUT2D eigenvalue weighted by Gasteiger charge is -2.08. The summed E-state index contributed by atoms with van der Waals surface area (Å²) in [4.78, 5) is 8.85. The lowest BCUT2D eigenvalue weighted by molar-refractivity contribution is -0.384. The van der Waals surface area contributed by atoms with Crippen molar-refractivity contribution in [3.8, 4) is 0 Å². The average Bonchev–Trinajstić information content (AvgIpc) is 2.01. The first-order chi connectivity index (χ1) is 6.32. The number of benzene rings is 1. The van der Waals surface area contributed by atoms with E-state index in [1.54, 1.807) is 0 Å². The van der Waals surface area contributed by atoms with E-state index in [1.807, 2.05) is 0 Å². The van der Waals surface area contributed by atoms with Crippen molar-refractivity contribution in [2.24, 2.45) is 0 Å². The fourth-order valence-electron chi connectivity index (χ4n) is 0.877. The number of hydrogen-bond donors (Lipinski definition) is 2. The third-order valence-corrected chi connectivity index (χ3v) is 2.38. The van der Waals surface area contributed by atoms with Crippen molar-refractivity contribution in [3.05, 3.63) is 28.3 Å². The van der Waals surface area contributed by atoms with E-state index in [2.05, 4.69) is 0 Å². The van der Waals surface area contributed by atoms with Gasteiger partial charge in [0.25, 0.3) is 5.69 Å². The van der Waals surface area contributed by atoms with Crippen LogP contribution in [0.25, 0.3) is 0 Å². The monoisotopic (exact) mass is 235 g/mol. The molecule has 0 heterocycles. The molecule has 15 heavy (non-hydrogen) atoms. The van der Waals surface area contributed by atoms with Crippen LogP contribution in [0, 0.1) is 10.1 Å². The molecule has 0 amide bonds. The van der Waals surface area contributed by atoms with Crippen molar-refractivity contribution in [2.75, 3.05) is 5.73 Å². The molecule has 0 aliphatic heterocycles. The second-order valence-corrected chi connectivity index (χ2v) is 3.78. The van der Waals surface area contributed by atoms with E-state index in [0.29, 0.717) is 0 Å². The maximum Gasteiger partial charge on any atom is 0.271 e. The van der Waals surface area contributed by atoms with Gasteiger partial charge in [-0.05, 0) is 6.07 Å². The molecular weight excluding hydrogens is 226 g/mol. The minimum atomic E-state index is -4.67. The van der Waals surface area contributed by atoms with E-state index in [9.17, 15) is 23.1 Å². The van der Waals surface area contributed by atoms with E-state index in [1.165, 1.54) is 0 Å². The Bertz CT molecular complexity index is 484. The van der Waals surface area contributed by atoms with Gasteiger partial charge in [0.1, 0.15) is 10.1 Å². The van der Waals surface area contributed by atoms with Crippen LogP contribution in [-0.4, -0.2) is 17.9 Å². The summed E-state index contributed by atoms with van der Waals surface area (Å²) in [5.41, 5.74) is 4.37. The van der Waals surface area contributed by atoms with Crippen LogP contribution in [0.3, 0.4) is 0 Å². The number of nitro groups is 1. The van der Waals surface area contributed by atoms with Gasteiger partial charge in [0.05, 0.1) is 15.5 Å². The molecule has 1 aromatic carbocycles. The number of nitrogens with zero attached hydrogens (tertiary/aromatic N) is 1. The summed E-state index contributed by atoms with van der Waals surface area (Å²) in [6.45, 7) is 0. The van der Waals surface area contributed by atoms with Crippen LogP contribution in [0.1, 0.15) is 0 Å². The predicted molar refractivity (Wildman–Crippen MR) is 51.5 cm³/mol. The molecule has 0 saturated heterocycles. The molecule has 0 aliphatic rings. The fourth-order valence-corrected chi connectivity index (χ4v) is 1.46. The molecule has 0 aromatic heterocycles. The molecule has 0 aliphatic carbocycles. The molecule has 0 spiro atoms. The standard InChI is InChI=1S/C6H6N2O5S.H3N/c7-5-3-4(8(9)10)1-2-6(5)14(11,12)13;/h1-3H,7H2,(H,11,12,13);1H3. The Morgan fingerprint density at radius 2 is 1.87 bits per heavy atom. The Kier molecular flexibility index (Phi) is 3.73. The van der Waals surface area contributed by atoms with Crippen molar-refractivity contribution in [3.63, 3.8) is 0 Å². The van der Waals surface area contributed by atoms with Gasteiger partial charge in [-0.2, -0.15) is 0 Å². The molecule has 1 aromatic rings. The van der Waals surface area contributed by atoms with Gasteiger partial charge in [-0.15, -0.1) is 0 Å². The first-order valence-electron chi connectivity index (χ1n) is 3.32. The first-order valence-corrected chi connectivity index (χ1v) is 4.73. The van der Waals surface area contributed by atoms with Gasteiger partial charge in [0.15, 0.2) is 0 Å². The lowest BCUT2D eigenvalue weighted by Crippen LogP contribution is -2.03. The largest absolute Gasteiger partial charge is 0.744 e. The highest BCUT2D eigenvalue weighted by Gasteiger charge is 2.11. The van der Waals surface area contributed by atoms with Gasteiger partial charge in [-0.3, -0.25) is 10.1 Å². The Morgan fingerprint density at radius 3 is 2.20 bits per heavy atom. The molecule has 8 nitrogen and oxygen atoms in total. The van der Waals surface area contributed by atoms with Crippen molar-refractivity contribution >= 4 is 21.5 Å². The van der Waals surface area contributed by atoms with Crippen molar-refractivity contribution in [1.29, 1.82) is 0 Å². The molecule has 0 fully saturated rings. The van der Waals surface area contributed by atoms with Crippen LogP contribution in [0.2, 0.25) is 0 Å². The Morgan fingerprint density at radius 1 is 1.33 bits per heavy atom. The average molecular weight is 235 g/mol. The smallest absolute Gasteiger partial charge is 0.271 e. The molecule has 0 atom stereocenters. The number of anilines is 1. The van der Waals surface area contributed by atoms with Gasteiger partial charge in [0.2, 0.25) is 0 Å². The molecule has 6 N–H and O–H groups in total. The van der Waals surface area contributed by atoms with Crippen LogP contribution in [-0.2, 0) is 10.1 Å². The van der Waals surface area contributed by atoms with E-state index in [-0.39, 0.29) is 11.8 Å². The molecule has 0 unspecified atom stereocenters. The van der Waals surface area contributed by atoms with E-state index in [4.69, 9.17) is 5.73 Å². The number of quaternary nitrogens is 1. The number of hydrogen-bond acceptors (Lipinski definition) is 6. The highest BCUT2D eigenvalue weighted by atomic mass is 32.2. The summed E-state index contributed by atoms with van der Waals surface area (Å²) < 4.78 is 31.6. The second kappa shape index (κ2) is 4.21.